The van der Waals surface area contributed by atoms with Crippen LogP contribution in [-0.2, 0) is 27.8 Å². The molecular formula is C14H25N3O3S. The van der Waals surface area contributed by atoms with Gasteiger partial charge in [-0.3, -0.25) is 0 Å². The lowest BCUT2D eigenvalue weighted by Crippen LogP contribution is -2.61. The van der Waals surface area contributed by atoms with E-state index in [1.54, 1.807) is 19.4 Å². The fourth-order valence-electron chi connectivity index (χ4n) is 2.88. The Kier molecular flexibility index (Phi) is 4.49. The molecule has 3 N–H and O–H groups in total. The maximum absolute atomic E-state index is 12.5. The summed E-state index contributed by atoms with van der Waals surface area (Å²) in [6.45, 7) is 7.01. The zero-order chi connectivity index (χ0) is 15.8. The molecule has 1 saturated carbocycles. The predicted octanol–water partition coefficient (Wildman–Crippen LogP) is 1.06. The maximum atomic E-state index is 12.5. The third-order valence-electron chi connectivity index (χ3n) is 4.58. The van der Waals surface area contributed by atoms with Gasteiger partial charge in [-0.25, -0.2) is 13.1 Å². The first-order valence-corrected chi connectivity index (χ1v) is 8.68. The summed E-state index contributed by atoms with van der Waals surface area (Å²) in [5, 5.41) is 0. The van der Waals surface area contributed by atoms with Crippen LogP contribution in [0.2, 0.25) is 0 Å². The van der Waals surface area contributed by atoms with Crippen molar-refractivity contribution >= 4 is 10.0 Å². The molecule has 0 aliphatic heterocycles. The summed E-state index contributed by atoms with van der Waals surface area (Å²) >= 11 is 0. The molecule has 2 atom stereocenters. The largest absolute Gasteiger partial charge is 0.381 e. The number of hydrogen-bond acceptors (Lipinski definition) is 4. The number of aromatic nitrogens is 1. The summed E-state index contributed by atoms with van der Waals surface area (Å²) in [5.41, 5.74) is 6.27. The molecule has 0 amide bonds. The lowest BCUT2D eigenvalue weighted by molar-refractivity contribution is -0.0908. The van der Waals surface area contributed by atoms with E-state index in [-0.39, 0.29) is 22.5 Å². The van der Waals surface area contributed by atoms with E-state index in [1.165, 1.54) is 0 Å². The van der Waals surface area contributed by atoms with E-state index in [0.717, 1.165) is 5.69 Å². The highest BCUT2D eigenvalue weighted by atomic mass is 32.2. The smallest absolute Gasteiger partial charge is 0.242 e. The Bertz CT molecular complexity index is 585. The second-order valence-corrected chi connectivity index (χ2v) is 7.83. The number of ether oxygens (including phenoxy) is 1. The molecule has 0 saturated heterocycles. The number of nitrogens with one attached hydrogen (secondary N) is 1. The Morgan fingerprint density at radius 1 is 1.52 bits per heavy atom. The number of hydrogen-bond donors (Lipinski definition) is 2. The second kappa shape index (κ2) is 5.72. The van der Waals surface area contributed by atoms with Crippen LogP contribution >= 0.6 is 0 Å². The van der Waals surface area contributed by atoms with Gasteiger partial charge in [-0.2, -0.15) is 0 Å². The van der Waals surface area contributed by atoms with E-state index in [4.69, 9.17) is 10.5 Å². The number of rotatable bonds is 6. The van der Waals surface area contributed by atoms with Crippen LogP contribution in [0.25, 0.3) is 0 Å². The molecule has 0 bridgehead atoms. The fraction of sp³-hybridized carbons (Fsp3) is 0.714. The van der Waals surface area contributed by atoms with Crippen molar-refractivity contribution in [1.29, 1.82) is 0 Å². The molecule has 2 rings (SSSR count). The molecule has 0 radical (unpaired) electrons. The van der Waals surface area contributed by atoms with Gasteiger partial charge >= 0.3 is 0 Å². The summed E-state index contributed by atoms with van der Waals surface area (Å²) in [4.78, 5) is 0.279. The monoisotopic (exact) mass is 315 g/mol. The summed E-state index contributed by atoms with van der Waals surface area (Å²) < 4.78 is 35.0. The highest BCUT2D eigenvalue weighted by molar-refractivity contribution is 7.89. The van der Waals surface area contributed by atoms with Gasteiger partial charge in [-0.05, 0) is 19.4 Å². The molecule has 1 aromatic rings. The van der Waals surface area contributed by atoms with Crippen molar-refractivity contribution in [2.24, 2.45) is 11.1 Å². The summed E-state index contributed by atoms with van der Waals surface area (Å²) in [6, 6.07) is 1.53. The SMILES string of the molecule is CCn1cc(S(=O)(=O)NC2CC(OC)C2(C)C)cc1CN. The Labute approximate surface area is 126 Å². The Balaban J connectivity index is 2.18. The van der Waals surface area contributed by atoms with Crippen molar-refractivity contribution in [3.05, 3.63) is 18.0 Å². The second-order valence-electron chi connectivity index (χ2n) is 6.11. The summed E-state index contributed by atoms with van der Waals surface area (Å²) in [5.74, 6) is 0. The average Bonchev–Trinajstić information content (AvgIpc) is 2.87. The highest BCUT2D eigenvalue weighted by Gasteiger charge is 2.50. The van der Waals surface area contributed by atoms with Gasteiger partial charge < -0.3 is 15.0 Å². The lowest BCUT2D eigenvalue weighted by atomic mass is 9.65. The Hall–Kier alpha value is -0.890. The van der Waals surface area contributed by atoms with Gasteiger partial charge in [0.2, 0.25) is 10.0 Å². The van der Waals surface area contributed by atoms with Gasteiger partial charge in [-0.1, -0.05) is 13.8 Å². The van der Waals surface area contributed by atoms with Crippen molar-refractivity contribution in [2.75, 3.05) is 7.11 Å². The van der Waals surface area contributed by atoms with Crippen LogP contribution < -0.4 is 10.5 Å². The molecule has 1 heterocycles. The Morgan fingerprint density at radius 3 is 2.62 bits per heavy atom. The van der Waals surface area contributed by atoms with Crippen LogP contribution in [0.3, 0.4) is 0 Å². The number of nitrogens with two attached hydrogens (primary N) is 1. The molecule has 6 nitrogen and oxygen atoms in total. The molecule has 1 aliphatic rings. The molecule has 1 aliphatic carbocycles. The normalized spacial score (nSPS) is 24.8. The minimum absolute atomic E-state index is 0.0880. The molecule has 120 valence electrons. The third kappa shape index (κ3) is 2.88. The van der Waals surface area contributed by atoms with E-state index in [0.29, 0.717) is 19.5 Å². The molecule has 1 fully saturated rings. The minimum Gasteiger partial charge on any atom is -0.381 e. The van der Waals surface area contributed by atoms with Crippen LogP contribution in [0.5, 0.6) is 0 Å². The number of sulfonamides is 1. The lowest BCUT2D eigenvalue weighted by Gasteiger charge is -2.50. The van der Waals surface area contributed by atoms with Gasteiger partial charge in [0.15, 0.2) is 0 Å². The van der Waals surface area contributed by atoms with Gasteiger partial charge in [0.1, 0.15) is 0 Å². The maximum Gasteiger partial charge on any atom is 0.242 e. The van der Waals surface area contributed by atoms with Crippen molar-refractivity contribution in [3.8, 4) is 0 Å². The van der Waals surface area contributed by atoms with E-state index in [1.807, 2.05) is 25.3 Å². The van der Waals surface area contributed by atoms with E-state index in [2.05, 4.69) is 4.72 Å². The number of methoxy groups -OCH3 is 1. The van der Waals surface area contributed by atoms with Crippen molar-refractivity contribution < 1.29 is 13.2 Å². The van der Waals surface area contributed by atoms with Crippen LogP contribution in [0, 0.1) is 5.41 Å². The first-order valence-electron chi connectivity index (χ1n) is 7.20. The van der Waals surface area contributed by atoms with E-state index in [9.17, 15) is 8.42 Å². The molecule has 0 aromatic carbocycles. The zero-order valence-corrected chi connectivity index (χ0v) is 13.9. The predicted molar refractivity (Wildman–Crippen MR) is 81.3 cm³/mol. The minimum atomic E-state index is -3.53. The topological polar surface area (TPSA) is 86.3 Å². The van der Waals surface area contributed by atoms with Crippen LogP contribution in [0.15, 0.2) is 17.2 Å². The molecule has 2 unspecified atom stereocenters. The summed E-state index contributed by atoms with van der Waals surface area (Å²) in [7, 11) is -1.87. The summed E-state index contributed by atoms with van der Waals surface area (Å²) in [6.07, 6.45) is 2.43. The zero-order valence-electron chi connectivity index (χ0n) is 13.1. The molecule has 0 spiro atoms. The van der Waals surface area contributed by atoms with Crippen molar-refractivity contribution in [1.82, 2.24) is 9.29 Å². The van der Waals surface area contributed by atoms with Crippen LogP contribution in [0.1, 0.15) is 32.9 Å². The fourth-order valence-corrected chi connectivity index (χ4v) is 4.35. The van der Waals surface area contributed by atoms with E-state index < -0.39 is 10.0 Å². The van der Waals surface area contributed by atoms with Gasteiger partial charge in [-0.15, -0.1) is 0 Å². The van der Waals surface area contributed by atoms with E-state index >= 15 is 0 Å². The third-order valence-corrected chi connectivity index (χ3v) is 6.02. The van der Waals surface area contributed by atoms with Crippen LogP contribution in [-0.4, -0.2) is 32.2 Å². The van der Waals surface area contributed by atoms with Crippen LogP contribution in [0.4, 0.5) is 0 Å². The van der Waals surface area contributed by atoms with Crippen molar-refractivity contribution in [3.63, 3.8) is 0 Å². The first kappa shape index (κ1) is 16.5. The molecular weight excluding hydrogens is 290 g/mol. The van der Waals surface area contributed by atoms with Gasteiger partial charge in [0.05, 0.1) is 11.0 Å². The quantitative estimate of drug-likeness (QED) is 0.822. The molecule has 1 aromatic heterocycles. The number of aryl methyl sites for hydroxylation is 1. The first-order chi connectivity index (χ1) is 9.76. The standard InChI is InChI=1S/C14H25N3O3S/c1-5-17-9-11(6-10(17)8-15)21(18,19)16-12-7-13(20-4)14(12,2)3/h6,9,12-13,16H,5,7-8,15H2,1-4H3. The molecule has 21 heavy (non-hydrogen) atoms. The Morgan fingerprint density at radius 2 is 2.19 bits per heavy atom. The van der Waals surface area contributed by atoms with Crippen molar-refractivity contribution in [2.45, 2.75) is 57.3 Å². The average molecular weight is 315 g/mol. The van der Waals surface area contributed by atoms with Gasteiger partial charge in [0, 0.05) is 43.5 Å². The highest BCUT2D eigenvalue weighted by Crippen LogP contribution is 2.43. The number of nitrogens with zero attached hydrogens (tertiary/aromatic N) is 1. The van der Waals surface area contributed by atoms with Gasteiger partial charge in [0.25, 0.3) is 0 Å². The molecule has 7 heteroatoms.